The van der Waals surface area contributed by atoms with Crippen molar-refractivity contribution in [2.75, 3.05) is 0 Å². The Balaban J connectivity index is 1.97. The Morgan fingerprint density at radius 1 is 0.952 bits per heavy atom. The van der Waals surface area contributed by atoms with Crippen LogP contribution in [-0.2, 0) is 9.53 Å². The molecule has 2 bridgehead atoms. The van der Waals surface area contributed by atoms with Gasteiger partial charge in [-0.2, -0.15) is 0 Å². The molecule has 106 valence electrons. The lowest BCUT2D eigenvalue weighted by Crippen LogP contribution is -2.29. The topological polar surface area (TPSA) is 26.3 Å². The van der Waals surface area contributed by atoms with Crippen LogP contribution in [0.25, 0.3) is 0 Å². The Bertz CT molecular complexity index is 725. The summed E-state index contributed by atoms with van der Waals surface area (Å²) in [5.74, 6) is -0.0379. The van der Waals surface area contributed by atoms with Crippen LogP contribution in [0.3, 0.4) is 0 Å². The van der Waals surface area contributed by atoms with Gasteiger partial charge in [-0.15, -0.1) is 11.6 Å². The van der Waals surface area contributed by atoms with Crippen LogP contribution in [0.15, 0.2) is 48.5 Å². The monoisotopic (exact) mass is 298 g/mol. The van der Waals surface area contributed by atoms with Gasteiger partial charge in [-0.3, -0.25) is 4.79 Å². The normalized spacial score (nSPS) is 28.7. The number of ether oxygens (including phenoxy) is 1. The zero-order chi connectivity index (χ0) is 14.6. The summed E-state index contributed by atoms with van der Waals surface area (Å²) in [5, 5.41) is -0.0679. The van der Waals surface area contributed by atoms with Crippen LogP contribution in [0.2, 0.25) is 0 Å². The molecule has 0 radical (unpaired) electrons. The number of carbonyl (C=O) groups excluding carboxylic acids is 1. The molecule has 21 heavy (non-hydrogen) atoms. The fourth-order valence-electron chi connectivity index (χ4n) is 3.88. The van der Waals surface area contributed by atoms with Gasteiger partial charge in [0.25, 0.3) is 0 Å². The van der Waals surface area contributed by atoms with E-state index < -0.39 is 0 Å². The number of carbonyl (C=O) groups is 1. The van der Waals surface area contributed by atoms with Gasteiger partial charge in [-0.05, 0) is 22.3 Å². The molecular formula is C18H15ClO2. The standard InChI is InChI=1S/C18H15ClO2/c1-10(20)21-18-14-9-5-4-8-13(14)15-11-6-2-3-7-12(11)16(18)17(15)19/h2-9,15-18H,1H3/t15-,16+,17+,18+/m0/s1. The first-order valence-corrected chi connectivity index (χ1v) is 7.61. The van der Waals surface area contributed by atoms with E-state index in [2.05, 4.69) is 24.3 Å². The van der Waals surface area contributed by atoms with Crippen molar-refractivity contribution < 1.29 is 9.53 Å². The third-order valence-corrected chi connectivity index (χ3v) is 5.13. The van der Waals surface area contributed by atoms with E-state index in [9.17, 15) is 4.79 Å². The van der Waals surface area contributed by atoms with Gasteiger partial charge < -0.3 is 4.74 Å². The molecular weight excluding hydrogens is 284 g/mol. The Kier molecular flexibility index (Phi) is 2.83. The molecule has 0 heterocycles. The van der Waals surface area contributed by atoms with Crippen LogP contribution >= 0.6 is 11.6 Å². The van der Waals surface area contributed by atoms with Crippen molar-refractivity contribution in [1.29, 1.82) is 0 Å². The van der Waals surface area contributed by atoms with Gasteiger partial charge in [0.05, 0.1) is 5.38 Å². The highest BCUT2D eigenvalue weighted by molar-refractivity contribution is 6.22. The number of esters is 1. The number of fused-ring (bicyclic) bond motifs is 7. The fraction of sp³-hybridized carbons (Fsp3) is 0.278. The van der Waals surface area contributed by atoms with E-state index in [1.54, 1.807) is 0 Å². The third-order valence-electron chi connectivity index (χ3n) is 4.61. The van der Waals surface area contributed by atoms with Crippen molar-refractivity contribution in [3.8, 4) is 0 Å². The van der Waals surface area contributed by atoms with Crippen molar-refractivity contribution >= 4 is 17.6 Å². The zero-order valence-corrected chi connectivity index (χ0v) is 12.4. The maximum absolute atomic E-state index is 11.6. The predicted molar refractivity (Wildman–Crippen MR) is 81.6 cm³/mol. The van der Waals surface area contributed by atoms with E-state index >= 15 is 0 Å². The molecule has 0 spiro atoms. The molecule has 0 amide bonds. The Hall–Kier alpha value is -1.80. The van der Waals surface area contributed by atoms with Crippen molar-refractivity contribution in [2.24, 2.45) is 0 Å². The summed E-state index contributed by atoms with van der Waals surface area (Å²) >= 11 is 6.76. The van der Waals surface area contributed by atoms with Crippen LogP contribution in [0.4, 0.5) is 0 Å². The molecule has 4 rings (SSSR count). The molecule has 0 saturated carbocycles. The van der Waals surface area contributed by atoms with E-state index in [1.807, 2.05) is 24.3 Å². The van der Waals surface area contributed by atoms with Crippen LogP contribution in [0.1, 0.15) is 47.1 Å². The summed E-state index contributed by atoms with van der Waals surface area (Å²) in [6.07, 6.45) is -0.291. The molecule has 0 unspecified atom stereocenters. The van der Waals surface area contributed by atoms with Gasteiger partial charge in [0.1, 0.15) is 6.10 Å². The maximum atomic E-state index is 11.6. The highest BCUT2D eigenvalue weighted by Crippen LogP contribution is 2.59. The number of rotatable bonds is 1. The number of hydrogen-bond donors (Lipinski definition) is 0. The SMILES string of the molecule is CC(=O)O[C@@H]1c2ccccc2[C@@H]2c3ccccc3[C@@H]1[C@@H]2Cl. The van der Waals surface area contributed by atoms with E-state index in [0.717, 1.165) is 5.56 Å². The first-order valence-electron chi connectivity index (χ1n) is 7.17. The first-order chi connectivity index (χ1) is 10.2. The summed E-state index contributed by atoms with van der Waals surface area (Å²) in [4.78, 5) is 11.6. The number of hydrogen-bond acceptors (Lipinski definition) is 2. The van der Waals surface area contributed by atoms with E-state index in [0.29, 0.717) is 0 Å². The van der Waals surface area contributed by atoms with Crippen LogP contribution in [0, 0.1) is 0 Å². The number of halogens is 1. The number of alkyl halides is 1. The summed E-state index contributed by atoms with van der Waals surface area (Å²) in [6, 6.07) is 16.5. The van der Waals surface area contributed by atoms with Gasteiger partial charge in [0.15, 0.2) is 0 Å². The maximum Gasteiger partial charge on any atom is 0.303 e. The fourth-order valence-corrected chi connectivity index (χ4v) is 4.42. The molecule has 2 aromatic rings. The molecule has 0 aliphatic heterocycles. The molecule has 0 aromatic heterocycles. The van der Waals surface area contributed by atoms with Gasteiger partial charge in [0, 0.05) is 18.8 Å². The second kappa shape index (κ2) is 4.60. The second-order valence-electron chi connectivity index (χ2n) is 5.74. The molecule has 3 heteroatoms. The highest BCUT2D eigenvalue weighted by atomic mass is 35.5. The minimum atomic E-state index is -0.291. The molecule has 2 nitrogen and oxygen atoms in total. The highest BCUT2D eigenvalue weighted by Gasteiger charge is 2.50. The van der Waals surface area contributed by atoms with Crippen molar-refractivity contribution in [2.45, 2.75) is 30.2 Å². The van der Waals surface area contributed by atoms with Gasteiger partial charge in [-0.1, -0.05) is 48.5 Å². The Labute approximate surface area is 128 Å². The molecule has 0 N–H and O–H groups in total. The largest absolute Gasteiger partial charge is 0.457 e. The number of benzene rings is 2. The summed E-state index contributed by atoms with van der Waals surface area (Å²) in [7, 11) is 0. The Morgan fingerprint density at radius 2 is 1.48 bits per heavy atom. The predicted octanol–water partition coefficient (Wildman–Crippen LogP) is 4.14. The average Bonchev–Trinajstić information content (AvgIpc) is 2.69. The lowest BCUT2D eigenvalue weighted by Gasteiger charge is -2.35. The quantitative estimate of drug-likeness (QED) is 0.584. The molecule has 0 saturated heterocycles. The smallest absolute Gasteiger partial charge is 0.303 e. The van der Waals surface area contributed by atoms with Crippen LogP contribution < -0.4 is 0 Å². The molecule has 2 aliphatic carbocycles. The summed E-state index contributed by atoms with van der Waals surface area (Å²) in [5.41, 5.74) is 4.76. The molecule has 2 aromatic carbocycles. The molecule has 4 atom stereocenters. The third kappa shape index (κ3) is 1.75. The second-order valence-corrected chi connectivity index (χ2v) is 6.24. The first kappa shape index (κ1) is 12.9. The minimum absolute atomic E-state index is 0.0340. The van der Waals surface area contributed by atoms with Crippen LogP contribution in [-0.4, -0.2) is 11.3 Å². The van der Waals surface area contributed by atoms with Crippen molar-refractivity contribution in [1.82, 2.24) is 0 Å². The summed E-state index contributed by atoms with van der Waals surface area (Å²) in [6.45, 7) is 1.46. The van der Waals surface area contributed by atoms with Gasteiger partial charge >= 0.3 is 5.97 Å². The van der Waals surface area contributed by atoms with Crippen LogP contribution in [0.5, 0.6) is 0 Å². The summed E-state index contributed by atoms with van der Waals surface area (Å²) < 4.78 is 5.65. The van der Waals surface area contributed by atoms with E-state index in [-0.39, 0.29) is 29.3 Å². The van der Waals surface area contributed by atoms with Gasteiger partial charge in [0.2, 0.25) is 0 Å². The lowest BCUT2D eigenvalue weighted by atomic mass is 9.78. The minimum Gasteiger partial charge on any atom is -0.457 e. The van der Waals surface area contributed by atoms with Crippen molar-refractivity contribution in [3.05, 3.63) is 70.8 Å². The average molecular weight is 299 g/mol. The van der Waals surface area contributed by atoms with Gasteiger partial charge in [-0.25, -0.2) is 0 Å². The Morgan fingerprint density at radius 3 is 2.10 bits per heavy atom. The zero-order valence-electron chi connectivity index (χ0n) is 11.6. The van der Waals surface area contributed by atoms with Crippen molar-refractivity contribution in [3.63, 3.8) is 0 Å². The molecule has 2 aliphatic rings. The lowest BCUT2D eigenvalue weighted by molar-refractivity contribution is -0.148. The molecule has 0 fully saturated rings. The van der Waals surface area contributed by atoms with E-state index in [1.165, 1.54) is 23.6 Å². The van der Waals surface area contributed by atoms with E-state index in [4.69, 9.17) is 16.3 Å².